The van der Waals surface area contributed by atoms with E-state index in [1.54, 1.807) is 10.9 Å². The van der Waals surface area contributed by atoms with E-state index in [1.807, 2.05) is 0 Å². The van der Waals surface area contributed by atoms with Crippen LogP contribution in [0.5, 0.6) is 0 Å². The zero-order chi connectivity index (χ0) is 13.2. The van der Waals surface area contributed by atoms with Gasteiger partial charge in [0.1, 0.15) is 5.69 Å². The Bertz CT molecular complexity index is 506. The normalized spacial score (nSPS) is 23.3. The monoisotopic (exact) mass is 282 g/mol. The van der Waals surface area contributed by atoms with E-state index < -0.39 is 0 Å². The quantitative estimate of drug-likeness (QED) is 0.878. The molecular weight excluding hydrogens is 264 g/mol. The number of aromatic nitrogens is 2. The Morgan fingerprint density at radius 1 is 1.47 bits per heavy atom. The molecule has 3 rings (SSSR count). The summed E-state index contributed by atoms with van der Waals surface area (Å²) in [5.74, 6) is 0.604. The molecule has 0 aromatic carbocycles. The van der Waals surface area contributed by atoms with Crippen LogP contribution in [0.2, 0.25) is 5.02 Å². The zero-order valence-corrected chi connectivity index (χ0v) is 11.6. The molecule has 0 spiro atoms. The first kappa shape index (κ1) is 12.9. The van der Waals surface area contributed by atoms with Gasteiger partial charge in [-0.1, -0.05) is 18.0 Å². The molecule has 19 heavy (non-hydrogen) atoms. The molecule has 1 saturated heterocycles. The summed E-state index contributed by atoms with van der Waals surface area (Å²) in [6.45, 7) is 2.57. The minimum atomic E-state index is -0.0914. The molecule has 104 valence electrons. The first-order chi connectivity index (χ1) is 9.24. The van der Waals surface area contributed by atoms with Gasteiger partial charge in [0.2, 0.25) is 0 Å². The summed E-state index contributed by atoms with van der Waals surface area (Å²) >= 11 is 6.11. The van der Waals surface area contributed by atoms with Crippen LogP contribution in [0.25, 0.3) is 0 Å². The lowest BCUT2D eigenvalue weighted by Crippen LogP contribution is -2.33. The Morgan fingerprint density at radius 2 is 2.32 bits per heavy atom. The number of hydrogen-bond donors (Lipinski definition) is 2. The third-order valence-electron chi connectivity index (χ3n) is 4.06. The summed E-state index contributed by atoms with van der Waals surface area (Å²) < 4.78 is 1.56. The molecule has 1 aliphatic carbocycles. The molecule has 1 atom stereocenters. The molecule has 5 nitrogen and oxygen atoms in total. The fourth-order valence-corrected chi connectivity index (χ4v) is 2.81. The Morgan fingerprint density at radius 3 is 2.95 bits per heavy atom. The second-order valence-electron chi connectivity index (χ2n) is 5.49. The van der Waals surface area contributed by atoms with E-state index in [9.17, 15) is 4.79 Å². The predicted octanol–water partition coefficient (Wildman–Crippen LogP) is 1.47. The van der Waals surface area contributed by atoms with Gasteiger partial charge < -0.3 is 10.6 Å². The second kappa shape index (κ2) is 5.51. The van der Waals surface area contributed by atoms with E-state index in [1.165, 1.54) is 19.3 Å². The van der Waals surface area contributed by atoms with Gasteiger partial charge in [-0.2, -0.15) is 5.10 Å². The first-order valence-electron chi connectivity index (χ1n) is 6.97. The van der Waals surface area contributed by atoms with Crippen molar-refractivity contribution < 1.29 is 0 Å². The van der Waals surface area contributed by atoms with Crippen molar-refractivity contribution >= 4 is 17.3 Å². The van der Waals surface area contributed by atoms with Gasteiger partial charge in [0, 0.05) is 19.1 Å². The third-order valence-corrected chi connectivity index (χ3v) is 4.35. The molecule has 1 aliphatic heterocycles. The van der Waals surface area contributed by atoms with Crippen LogP contribution in [0.4, 0.5) is 5.69 Å². The van der Waals surface area contributed by atoms with Gasteiger partial charge in [0.15, 0.2) is 0 Å². The van der Waals surface area contributed by atoms with Gasteiger partial charge in [-0.05, 0) is 31.7 Å². The SMILES string of the molecule is O=c1c(NC2CCNC2)c(Cl)cnn1CC1CCC1. The number of nitrogens with one attached hydrogen (secondary N) is 2. The van der Waals surface area contributed by atoms with Crippen molar-refractivity contribution in [3.05, 3.63) is 21.6 Å². The van der Waals surface area contributed by atoms with Crippen LogP contribution >= 0.6 is 11.6 Å². The molecule has 6 heteroatoms. The van der Waals surface area contributed by atoms with E-state index in [2.05, 4.69) is 15.7 Å². The smallest absolute Gasteiger partial charge is 0.291 e. The van der Waals surface area contributed by atoms with Crippen LogP contribution in [-0.2, 0) is 6.54 Å². The minimum absolute atomic E-state index is 0.0914. The lowest BCUT2D eigenvalue weighted by molar-refractivity contribution is 0.262. The summed E-state index contributed by atoms with van der Waals surface area (Å²) in [6.07, 6.45) is 6.26. The Kier molecular flexibility index (Phi) is 3.75. The van der Waals surface area contributed by atoms with Crippen LogP contribution < -0.4 is 16.2 Å². The largest absolute Gasteiger partial charge is 0.375 e. The summed E-state index contributed by atoms with van der Waals surface area (Å²) in [6, 6.07) is 0.282. The summed E-state index contributed by atoms with van der Waals surface area (Å²) in [5, 5.41) is 11.1. The van der Waals surface area contributed by atoms with Crippen LogP contribution in [0, 0.1) is 5.92 Å². The van der Waals surface area contributed by atoms with E-state index in [-0.39, 0.29) is 11.6 Å². The maximum Gasteiger partial charge on any atom is 0.291 e. The molecule has 1 aromatic heterocycles. The lowest BCUT2D eigenvalue weighted by Gasteiger charge is -2.25. The fraction of sp³-hybridized carbons (Fsp3) is 0.692. The zero-order valence-electron chi connectivity index (χ0n) is 10.9. The molecule has 1 aromatic rings. The standard InChI is InChI=1S/C13H19ClN4O/c14-11-7-16-18(8-9-2-1-3-9)13(19)12(11)17-10-4-5-15-6-10/h7,9-10,15,17H,1-6,8H2. The van der Waals surface area contributed by atoms with Crippen molar-refractivity contribution in [2.45, 2.75) is 38.3 Å². The molecule has 2 heterocycles. The van der Waals surface area contributed by atoms with Gasteiger partial charge >= 0.3 is 0 Å². The number of anilines is 1. The van der Waals surface area contributed by atoms with Crippen molar-refractivity contribution in [3.8, 4) is 0 Å². The van der Waals surface area contributed by atoms with Crippen molar-refractivity contribution in [2.75, 3.05) is 18.4 Å². The van der Waals surface area contributed by atoms with Gasteiger partial charge in [-0.25, -0.2) is 4.68 Å². The number of hydrogen-bond acceptors (Lipinski definition) is 4. The minimum Gasteiger partial charge on any atom is -0.375 e. The van der Waals surface area contributed by atoms with E-state index >= 15 is 0 Å². The second-order valence-corrected chi connectivity index (χ2v) is 5.89. The van der Waals surface area contributed by atoms with Gasteiger partial charge in [-0.3, -0.25) is 4.79 Å². The molecular formula is C13H19ClN4O. The average Bonchev–Trinajstić information content (AvgIpc) is 2.84. The molecule has 0 radical (unpaired) electrons. The average molecular weight is 283 g/mol. The maximum absolute atomic E-state index is 12.4. The topological polar surface area (TPSA) is 59.0 Å². The Balaban J connectivity index is 1.80. The van der Waals surface area contributed by atoms with Crippen LogP contribution in [0.15, 0.2) is 11.0 Å². The summed E-state index contributed by atoms with van der Waals surface area (Å²) in [7, 11) is 0. The highest BCUT2D eigenvalue weighted by Gasteiger charge is 2.22. The maximum atomic E-state index is 12.4. The highest BCUT2D eigenvalue weighted by molar-refractivity contribution is 6.33. The Labute approximate surface area is 117 Å². The molecule has 2 fully saturated rings. The third kappa shape index (κ3) is 2.77. The van der Waals surface area contributed by atoms with Gasteiger partial charge in [0.25, 0.3) is 5.56 Å². The molecule has 0 bridgehead atoms. The summed E-state index contributed by atoms with van der Waals surface area (Å²) in [5.41, 5.74) is 0.413. The lowest BCUT2D eigenvalue weighted by atomic mass is 9.85. The van der Waals surface area contributed by atoms with Crippen LogP contribution in [-0.4, -0.2) is 28.9 Å². The van der Waals surface area contributed by atoms with Gasteiger partial charge in [0.05, 0.1) is 11.2 Å². The number of halogens is 1. The van der Waals surface area contributed by atoms with E-state index in [0.29, 0.717) is 23.2 Å². The van der Waals surface area contributed by atoms with E-state index in [0.717, 1.165) is 19.5 Å². The van der Waals surface area contributed by atoms with Crippen LogP contribution in [0.1, 0.15) is 25.7 Å². The molecule has 1 saturated carbocycles. The van der Waals surface area contributed by atoms with Gasteiger partial charge in [-0.15, -0.1) is 0 Å². The van der Waals surface area contributed by atoms with Crippen molar-refractivity contribution in [1.82, 2.24) is 15.1 Å². The first-order valence-corrected chi connectivity index (χ1v) is 7.34. The molecule has 2 N–H and O–H groups in total. The van der Waals surface area contributed by atoms with Crippen molar-refractivity contribution in [1.29, 1.82) is 0 Å². The van der Waals surface area contributed by atoms with Crippen molar-refractivity contribution in [3.63, 3.8) is 0 Å². The number of rotatable bonds is 4. The molecule has 2 aliphatic rings. The summed E-state index contributed by atoms with van der Waals surface area (Å²) in [4.78, 5) is 12.4. The highest BCUT2D eigenvalue weighted by atomic mass is 35.5. The predicted molar refractivity (Wildman–Crippen MR) is 75.7 cm³/mol. The fourth-order valence-electron chi connectivity index (χ4n) is 2.63. The molecule has 0 amide bonds. The van der Waals surface area contributed by atoms with E-state index in [4.69, 9.17) is 11.6 Å². The number of nitrogens with zero attached hydrogens (tertiary/aromatic N) is 2. The Hall–Kier alpha value is -1.07. The highest BCUT2D eigenvalue weighted by Crippen LogP contribution is 2.27. The van der Waals surface area contributed by atoms with Crippen molar-refractivity contribution in [2.24, 2.45) is 5.92 Å². The molecule has 1 unspecified atom stereocenters. The van der Waals surface area contributed by atoms with Crippen LogP contribution in [0.3, 0.4) is 0 Å².